The van der Waals surface area contributed by atoms with E-state index < -0.39 is 0 Å². The lowest BCUT2D eigenvalue weighted by Gasteiger charge is -2.34. The molecule has 1 aliphatic heterocycles. The van der Waals surface area contributed by atoms with E-state index in [0.29, 0.717) is 44.3 Å². The molecule has 1 aromatic heterocycles. The number of hydrogen-bond acceptors (Lipinski definition) is 5. The molecule has 1 N–H and O–H groups in total. The summed E-state index contributed by atoms with van der Waals surface area (Å²) in [5.74, 6) is 0.326. The average Bonchev–Trinajstić information content (AvgIpc) is 3.46. The van der Waals surface area contributed by atoms with Crippen LogP contribution in [-0.2, 0) is 4.79 Å². The van der Waals surface area contributed by atoms with Crippen LogP contribution in [-0.4, -0.2) is 75.4 Å². The number of hydrogen-bond donors (Lipinski definition) is 1. The molecule has 2 aromatic rings. The molecule has 0 bridgehead atoms. The fraction of sp³-hybridized carbons (Fsp3) is 0.524. The maximum Gasteiger partial charge on any atom is 0.276 e. The van der Waals surface area contributed by atoms with Crippen molar-refractivity contribution < 1.29 is 9.59 Å². The van der Waals surface area contributed by atoms with E-state index in [2.05, 4.69) is 20.5 Å². The van der Waals surface area contributed by atoms with Gasteiger partial charge in [0.15, 0.2) is 5.69 Å². The van der Waals surface area contributed by atoms with Crippen LogP contribution in [0.5, 0.6) is 0 Å². The Hall–Kier alpha value is -2.74. The Morgan fingerprint density at radius 3 is 2.41 bits per heavy atom. The lowest BCUT2D eigenvalue weighted by molar-refractivity contribution is -0.123. The van der Waals surface area contributed by atoms with Gasteiger partial charge in [0.25, 0.3) is 5.91 Å². The van der Waals surface area contributed by atoms with Gasteiger partial charge in [0.1, 0.15) is 0 Å². The molecule has 154 valence electrons. The third-order valence-electron chi connectivity index (χ3n) is 5.35. The van der Waals surface area contributed by atoms with Crippen molar-refractivity contribution in [2.24, 2.45) is 0 Å². The van der Waals surface area contributed by atoms with Crippen molar-refractivity contribution in [1.82, 2.24) is 30.1 Å². The van der Waals surface area contributed by atoms with E-state index in [1.807, 2.05) is 53.8 Å². The molecule has 8 nitrogen and oxygen atoms in total. The van der Waals surface area contributed by atoms with E-state index in [1.54, 1.807) is 0 Å². The lowest BCUT2D eigenvalue weighted by atomic mass is 10.1. The van der Waals surface area contributed by atoms with Crippen LogP contribution in [0.25, 0.3) is 5.69 Å². The van der Waals surface area contributed by atoms with Crippen LogP contribution in [0.4, 0.5) is 0 Å². The van der Waals surface area contributed by atoms with Gasteiger partial charge in [-0.1, -0.05) is 23.4 Å². The molecule has 2 amide bonds. The second-order valence-corrected chi connectivity index (χ2v) is 8.14. The molecule has 0 radical (unpaired) electrons. The number of aromatic nitrogens is 3. The van der Waals surface area contributed by atoms with Gasteiger partial charge in [-0.05, 0) is 38.8 Å². The van der Waals surface area contributed by atoms with Gasteiger partial charge in [0, 0.05) is 38.1 Å². The Morgan fingerprint density at radius 1 is 1.10 bits per heavy atom. The highest BCUT2D eigenvalue weighted by Gasteiger charge is 2.36. The SMILES string of the molecule is CC(C)NC(=O)CN1CCN(C(=O)c2nnn(-c3ccccc3)c2C2CC2)CC1. The normalized spacial score (nSPS) is 17.6. The standard InChI is InChI=1S/C21H28N6O2/c1-15(2)22-18(28)14-25-10-12-26(13-11-25)21(29)19-20(16-8-9-16)27(24-23-19)17-6-4-3-5-7-17/h3-7,15-16H,8-14H2,1-2H3,(H,22,28). The monoisotopic (exact) mass is 396 g/mol. The molecule has 2 fully saturated rings. The summed E-state index contributed by atoms with van der Waals surface area (Å²) in [6, 6.07) is 9.99. The first-order valence-electron chi connectivity index (χ1n) is 10.3. The molecule has 0 spiro atoms. The first-order valence-corrected chi connectivity index (χ1v) is 10.3. The number of benzene rings is 1. The van der Waals surface area contributed by atoms with Gasteiger partial charge < -0.3 is 10.2 Å². The maximum atomic E-state index is 13.2. The van der Waals surface area contributed by atoms with Gasteiger partial charge in [-0.2, -0.15) is 0 Å². The van der Waals surface area contributed by atoms with E-state index >= 15 is 0 Å². The number of nitrogens with zero attached hydrogens (tertiary/aromatic N) is 5. The van der Waals surface area contributed by atoms with Crippen LogP contribution in [0, 0.1) is 0 Å². The molecule has 2 heterocycles. The van der Waals surface area contributed by atoms with E-state index in [9.17, 15) is 9.59 Å². The second-order valence-electron chi connectivity index (χ2n) is 8.14. The zero-order chi connectivity index (χ0) is 20.4. The zero-order valence-corrected chi connectivity index (χ0v) is 17.0. The Labute approximate surface area is 170 Å². The van der Waals surface area contributed by atoms with E-state index in [0.717, 1.165) is 24.2 Å². The summed E-state index contributed by atoms with van der Waals surface area (Å²) < 4.78 is 1.82. The molecule has 8 heteroatoms. The molecule has 1 aromatic carbocycles. The summed E-state index contributed by atoms with van der Waals surface area (Å²) in [5.41, 5.74) is 2.34. The number of nitrogens with one attached hydrogen (secondary N) is 1. The largest absolute Gasteiger partial charge is 0.353 e. The molecule has 29 heavy (non-hydrogen) atoms. The minimum atomic E-state index is -0.0552. The molecule has 0 atom stereocenters. The number of para-hydroxylation sites is 1. The first-order chi connectivity index (χ1) is 14.0. The van der Waals surface area contributed by atoms with Crippen molar-refractivity contribution in [2.45, 2.75) is 38.6 Å². The van der Waals surface area contributed by atoms with Crippen LogP contribution in [0.3, 0.4) is 0 Å². The summed E-state index contributed by atoms with van der Waals surface area (Å²) in [6.45, 7) is 6.83. The van der Waals surface area contributed by atoms with Gasteiger partial charge in [-0.25, -0.2) is 4.68 Å². The van der Waals surface area contributed by atoms with E-state index in [1.165, 1.54) is 0 Å². The highest BCUT2D eigenvalue weighted by atomic mass is 16.2. The topological polar surface area (TPSA) is 83.4 Å². The van der Waals surface area contributed by atoms with E-state index in [4.69, 9.17) is 0 Å². The van der Waals surface area contributed by atoms with Crippen LogP contribution in [0.1, 0.15) is 48.8 Å². The highest BCUT2D eigenvalue weighted by molar-refractivity contribution is 5.94. The van der Waals surface area contributed by atoms with E-state index in [-0.39, 0.29) is 17.9 Å². The molecule has 0 unspecified atom stereocenters. The first kappa shape index (κ1) is 19.6. The van der Waals surface area contributed by atoms with Gasteiger partial charge in [0.2, 0.25) is 5.91 Å². The quantitative estimate of drug-likeness (QED) is 0.799. The molecule has 1 saturated heterocycles. The molecular weight excluding hydrogens is 368 g/mol. The van der Waals surface area contributed by atoms with Crippen LogP contribution >= 0.6 is 0 Å². The average molecular weight is 396 g/mol. The van der Waals surface area contributed by atoms with Gasteiger partial charge >= 0.3 is 0 Å². The smallest absolute Gasteiger partial charge is 0.276 e. The highest BCUT2D eigenvalue weighted by Crippen LogP contribution is 2.42. The fourth-order valence-corrected chi connectivity index (χ4v) is 3.75. The molecule has 2 aliphatic rings. The third-order valence-corrected chi connectivity index (χ3v) is 5.35. The number of carbonyl (C=O) groups excluding carboxylic acids is 2. The Morgan fingerprint density at radius 2 is 1.79 bits per heavy atom. The van der Waals surface area contributed by atoms with Gasteiger partial charge in [-0.15, -0.1) is 5.10 Å². The maximum absolute atomic E-state index is 13.2. The Bertz CT molecular complexity index is 867. The molecule has 1 aliphatic carbocycles. The number of rotatable bonds is 6. The minimum Gasteiger partial charge on any atom is -0.353 e. The van der Waals surface area contributed by atoms with Crippen LogP contribution < -0.4 is 5.32 Å². The number of carbonyl (C=O) groups is 2. The van der Waals surface area contributed by atoms with Crippen molar-refractivity contribution in [3.05, 3.63) is 41.7 Å². The molecular formula is C21H28N6O2. The molecule has 4 rings (SSSR count). The summed E-state index contributed by atoms with van der Waals surface area (Å²) in [5, 5.41) is 11.5. The van der Waals surface area contributed by atoms with Crippen LogP contribution in [0.15, 0.2) is 30.3 Å². The Balaban J connectivity index is 1.43. The number of piperazine rings is 1. The van der Waals surface area contributed by atoms with Gasteiger partial charge in [-0.3, -0.25) is 14.5 Å². The van der Waals surface area contributed by atoms with Gasteiger partial charge in [0.05, 0.1) is 17.9 Å². The number of amides is 2. The predicted molar refractivity (Wildman–Crippen MR) is 109 cm³/mol. The third kappa shape index (κ3) is 4.48. The van der Waals surface area contributed by atoms with Crippen molar-refractivity contribution in [3.8, 4) is 5.69 Å². The predicted octanol–water partition coefficient (Wildman–Crippen LogP) is 1.43. The fourth-order valence-electron chi connectivity index (χ4n) is 3.75. The second kappa shape index (κ2) is 8.32. The summed E-state index contributed by atoms with van der Waals surface area (Å²) >= 11 is 0. The Kier molecular flexibility index (Phi) is 5.62. The van der Waals surface area contributed by atoms with Crippen LogP contribution in [0.2, 0.25) is 0 Å². The summed E-state index contributed by atoms with van der Waals surface area (Å²) in [7, 11) is 0. The van der Waals surface area contributed by atoms with Crippen molar-refractivity contribution in [1.29, 1.82) is 0 Å². The van der Waals surface area contributed by atoms with Crippen molar-refractivity contribution in [2.75, 3.05) is 32.7 Å². The zero-order valence-electron chi connectivity index (χ0n) is 17.0. The summed E-state index contributed by atoms with van der Waals surface area (Å²) in [4.78, 5) is 29.1. The van der Waals surface area contributed by atoms with Crippen molar-refractivity contribution >= 4 is 11.8 Å². The minimum absolute atomic E-state index is 0.0293. The lowest BCUT2D eigenvalue weighted by Crippen LogP contribution is -2.51. The van der Waals surface area contributed by atoms with Crippen molar-refractivity contribution in [3.63, 3.8) is 0 Å². The summed E-state index contributed by atoms with van der Waals surface area (Å²) in [6.07, 6.45) is 2.14. The molecule has 1 saturated carbocycles.